The van der Waals surface area contributed by atoms with Gasteiger partial charge in [-0.1, -0.05) is 41.6 Å². The van der Waals surface area contributed by atoms with E-state index in [9.17, 15) is 13.2 Å². The molecule has 3 heterocycles. The van der Waals surface area contributed by atoms with Gasteiger partial charge in [-0.15, -0.1) is 0 Å². The highest BCUT2D eigenvalue weighted by Crippen LogP contribution is 2.29. The summed E-state index contributed by atoms with van der Waals surface area (Å²) in [6, 6.07) is 16.1. The lowest BCUT2D eigenvalue weighted by Crippen LogP contribution is -2.36. The maximum atomic E-state index is 13.6. The van der Waals surface area contributed by atoms with Crippen molar-refractivity contribution < 1.29 is 12.9 Å². The molecule has 0 amide bonds. The van der Waals surface area contributed by atoms with Gasteiger partial charge in [0.25, 0.3) is 5.56 Å². The number of hydrogen-bond donors (Lipinski definition) is 0. The largest absolute Gasteiger partial charge is 0.359 e. The molecule has 0 spiro atoms. The molecule has 174 valence electrons. The van der Waals surface area contributed by atoms with E-state index < -0.39 is 10.0 Å². The van der Waals surface area contributed by atoms with Crippen LogP contribution in [0.4, 0.5) is 0 Å². The van der Waals surface area contributed by atoms with Crippen LogP contribution in [0, 0.1) is 20.8 Å². The third-order valence-electron chi connectivity index (χ3n) is 6.21. The first-order valence-corrected chi connectivity index (χ1v) is 12.4. The molecular formula is C25H24N4O4S. The Morgan fingerprint density at radius 1 is 0.971 bits per heavy atom. The molecule has 5 rings (SSSR count). The summed E-state index contributed by atoms with van der Waals surface area (Å²) in [5.74, 6) is 0.474. The Hall–Kier alpha value is -3.56. The van der Waals surface area contributed by atoms with Crippen molar-refractivity contribution in [3.05, 3.63) is 93.1 Å². The Bertz CT molecular complexity index is 1550. The number of benzene rings is 2. The molecule has 2 aromatic carbocycles. The molecule has 0 unspecified atom stereocenters. The molecule has 0 saturated heterocycles. The minimum atomic E-state index is -3.73. The average molecular weight is 477 g/mol. The van der Waals surface area contributed by atoms with Crippen LogP contribution in [-0.2, 0) is 23.0 Å². The van der Waals surface area contributed by atoms with Crippen LogP contribution in [-0.4, -0.2) is 34.2 Å². The molecular weight excluding hydrogens is 452 g/mol. The first kappa shape index (κ1) is 22.2. The number of aromatic nitrogens is 3. The maximum absolute atomic E-state index is 13.6. The van der Waals surface area contributed by atoms with Gasteiger partial charge in [0.1, 0.15) is 11.4 Å². The Balaban J connectivity index is 1.55. The monoisotopic (exact) mass is 476 g/mol. The highest BCUT2D eigenvalue weighted by atomic mass is 32.2. The van der Waals surface area contributed by atoms with Crippen molar-refractivity contribution in [1.82, 2.24) is 19.2 Å². The van der Waals surface area contributed by atoms with Crippen LogP contribution in [0.1, 0.15) is 28.1 Å². The summed E-state index contributed by atoms with van der Waals surface area (Å²) in [5.41, 5.74) is 4.64. The van der Waals surface area contributed by atoms with E-state index in [1.54, 1.807) is 39.0 Å². The van der Waals surface area contributed by atoms with Gasteiger partial charge in [0.05, 0.1) is 10.6 Å². The van der Waals surface area contributed by atoms with Crippen LogP contribution in [0.5, 0.6) is 0 Å². The lowest BCUT2D eigenvalue weighted by molar-refractivity contribution is 0.391. The van der Waals surface area contributed by atoms with E-state index in [4.69, 9.17) is 4.52 Å². The van der Waals surface area contributed by atoms with Crippen LogP contribution >= 0.6 is 0 Å². The van der Waals surface area contributed by atoms with E-state index in [-0.39, 0.29) is 10.5 Å². The third-order valence-corrected chi connectivity index (χ3v) is 8.19. The van der Waals surface area contributed by atoms with Crippen LogP contribution in [0.3, 0.4) is 0 Å². The summed E-state index contributed by atoms with van der Waals surface area (Å²) in [6.45, 7) is 6.01. The summed E-state index contributed by atoms with van der Waals surface area (Å²) in [6.07, 6.45) is 0.679. The zero-order chi connectivity index (χ0) is 24.0. The van der Waals surface area contributed by atoms with Gasteiger partial charge in [-0.2, -0.15) is 14.1 Å². The number of rotatable bonds is 4. The lowest BCUT2D eigenvalue weighted by Gasteiger charge is -2.28. The predicted octanol–water partition coefficient (Wildman–Crippen LogP) is 3.56. The fourth-order valence-electron chi connectivity index (χ4n) is 4.36. The van der Waals surface area contributed by atoms with Crippen molar-refractivity contribution in [1.29, 1.82) is 0 Å². The minimum absolute atomic E-state index is 0.237. The number of fused-ring (bicyclic) bond motifs is 1. The van der Waals surface area contributed by atoms with Gasteiger partial charge in [-0.05, 0) is 56.0 Å². The van der Waals surface area contributed by atoms with Gasteiger partial charge in [-0.25, -0.2) is 8.42 Å². The van der Waals surface area contributed by atoms with Gasteiger partial charge < -0.3 is 4.52 Å². The van der Waals surface area contributed by atoms with Crippen LogP contribution < -0.4 is 5.56 Å². The molecule has 0 atom stereocenters. The lowest BCUT2D eigenvalue weighted by atomic mass is 10.0. The molecule has 2 aromatic heterocycles. The average Bonchev–Trinajstić information content (AvgIpc) is 3.17. The molecule has 0 N–H and O–H groups in total. The topological polar surface area (TPSA) is 98.3 Å². The summed E-state index contributed by atoms with van der Waals surface area (Å²) >= 11 is 0. The van der Waals surface area contributed by atoms with Crippen molar-refractivity contribution in [3.63, 3.8) is 0 Å². The summed E-state index contributed by atoms with van der Waals surface area (Å²) < 4.78 is 35.2. The first-order chi connectivity index (χ1) is 16.3. The maximum Gasteiger partial charge on any atom is 0.271 e. The summed E-state index contributed by atoms with van der Waals surface area (Å²) in [7, 11) is -3.73. The molecule has 0 radical (unpaired) electrons. The molecule has 1 aliphatic heterocycles. The standard InChI is InChI=1S/C25H24N4O4S/c1-16-8-9-20(22-10-11-24(30)29(26-22)25-17(2)27-33-18(25)3)14-23(16)34(31,32)28-13-12-19-6-4-5-7-21(19)15-28/h4-11,14H,12-13,15H2,1-3H3. The Morgan fingerprint density at radius 3 is 2.47 bits per heavy atom. The zero-order valence-electron chi connectivity index (χ0n) is 19.1. The van der Waals surface area contributed by atoms with E-state index in [1.807, 2.05) is 30.3 Å². The fraction of sp³-hybridized carbons (Fsp3) is 0.240. The van der Waals surface area contributed by atoms with E-state index in [2.05, 4.69) is 10.3 Å². The van der Waals surface area contributed by atoms with Gasteiger partial charge in [0.15, 0.2) is 5.76 Å². The normalized spacial score (nSPS) is 14.2. The Labute approximate surface area is 197 Å². The molecule has 0 aliphatic carbocycles. The van der Waals surface area contributed by atoms with Crippen molar-refractivity contribution >= 4 is 10.0 Å². The number of hydrogen-bond acceptors (Lipinski definition) is 6. The summed E-state index contributed by atoms with van der Waals surface area (Å²) in [5, 5.41) is 8.40. The van der Waals surface area contributed by atoms with Crippen molar-refractivity contribution in [2.45, 2.75) is 38.6 Å². The van der Waals surface area contributed by atoms with E-state index in [0.717, 1.165) is 5.56 Å². The number of aryl methyl sites for hydroxylation is 3. The van der Waals surface area contributed by atoms with Gasteiger partial charge >= 0.3 is 0 Å². The molecule has 0 bridgehead atoms. The minimum Gasteiger partial charge on any atom is -0.359 e. The SMILES string of the molecule is Cc1ccc(-c2ccc(=O)n(-c3c(C)noc3C)n2)cc1S(=O)(=O)N1CCc2ccccc2C1. The second kappa shape index (κ2) is 8.34. The molecule has 4 aromatic rings. The second-order valence-corrected chi connectivity index (χ2v) is 10.4. The second-order valence-electron chi connectivity index (χ2n) is 8.48. The molecule has 34 heavy (non-hydrogen) atoms. The fourth-order valence-corrected chi connectivity index (χ4v) is 6.03. The van der Waals surface area contributed by atoms with E-state index in [1.165, 1.54) is 20.6 Å². The van der Waals surface area contributed by atoms with Crippen LogP contribution in [0.25, 0.3) is 16.9 Å². The molecule has 1 aliphatic rings. The third kappa shape index (κ3) is 3.76. The predicted molar refractivity (Wildman–Crippen MR) is 127 cm³/mol. The van der Waals surface area contributed by atoms with Crippen molar-refractivity contribution in [2.24, 2.45) is 0 Å². The number of sulfonamides is 1. The van der Waals surface area contributed by atoms with Gasteiger partial charge in [0.2, 0.25) is 10.0 Å². The summed E-state index contributed by atoms with van der Waals surface area (Å²) in [4.78, 5) is 12.8. The highest BCUT2D eigenvalue weighted by molar-refractivity contribution is 7.89. The zero-order valence-corrected chi connectivity index (χ0v) is 20.0. The number of nitrogens with zero attached hydrogens (tertiary/aromatic N) is 4. The van der Waals surface area contributed by atoms with Gasteiger partial charge in [0, 0.05) is 24.7 Å². The first-order valence-electron chi connectivity index (χ1n) is 11.0. The molecule has 0 saturated carbocycles. The van der Waals surface area contributed by atoms with E-state index >= 15 is 0 Å². The van der Waals surface area contributed by atoms with Crippen LogP contribution in [0.2, 0.25) is 0 Å². The molecule has 0 fully saturated rings. The Kier molecular flexibility index (Phi) is 5.45. The smallest absolute Gasteiger partial charge is 0.271 e. The Morgan fingerprint density at radius 2 is 1.74 bits per heavy atom. The molecule has 9 heteroatoms. The quantitative estimate of drug-likeness (QED) is 0.447. The van der Waals surface area contributed by atoms with Crippen molar-refractivity contribution in [2.75, 3.05) is 6.54 Å². The van der Waals surface area contributed by atoms with Crippen molar-refractivity contribution in [3.8, 4) is 16.9 Å². The van der Waals surface area contributed by atoms with E-state index in [0.29, 0.717) is 53.5 Å². The van der Waals surface area contributed by atoms with Gasteiger partial charge in [-0.3, -0.25) is 4.79 Å². The molecule has 8 nitrogen and oxygen atoms in total. The van der Waals surface area contributed by atoms with Crippen LogP contribution in [0.15, 0.2) is 68.8 Å². The highest BCUT2D eigenvalue weighted by Gasteiger charge is 2.30.